The molecule has 4 aliphatic rings. The van der Waals surface area contributed by atoms with E-state index in [4.69, 9.17) is 10.5 Å². The minimum atomic E-state index is -0.680. The Morgan fingerprint density at radius 1 is 1.00 bits per heavy atom. The van der Waals surface area contributed by atoms with E-state index in [9.17, 15) is 24.0 Å². The summed E-state index contributed by atoms with van der Waals surface area (Å²) in [5.41, 5.74) is 13.1. The number of likely N-dealkylation sites (N-methyl/N-ethyl adjacent to an activating group) is 1. The van der Waals surface area contributed by atoms with Crippen LogP contribution in [0.1, 0.15) is 114 Å². The number of amides is 4. The Morgan fingerprint density at radius 2 is 1.71 bits per heavy atom. The number of nitrogens with one attached hydrogen (secondary N) is 2. The number of hydrogen-bond donors (Lipinski definition) is 3. The van der Waals surface area contributed by atoms with Crippen LogP contribution in [0.2, 0.25) is 0 Å². The van der Waals surface area contributed by atoms with E-state index < -0.39 is 6.04 Å². The van der Waals surface area contributed by atoms with Crippen molar-refractivity contribution in [2.45, 2.75) is 90.3 Å². The fourth-order valence-electron chi connectivity index (χ4n) is 10.3. The molecule has 2 aromatic heterocycles. The molecule has 0 aliphatic carbocycles. The number of carbonyl (C=O) groups is 5. The van der Waals surface area contributed by atoms with Crippen molar-refractivity contribution in [1.82, 2.24) is 34.6 Å². The number of benzene rings is 2. The van der Waals surface area contributed by atoms with Gasteiger partial charge in [0.1, 0.15) is 24.2 Å². The second-order valence-corrected chi connectivity index (χ2v) is 18.6. The minimum absolute atomic E-state index is 0.0149. The van der Waals surface area contributed by atoms with Crippen LogP contribution in [-0.4, -0.2) is 125 Å². The predicted octanol–water partition coefficient (Wildman–Crippen LogP) is 4.86. The highest BCUT2D eigenvalue weighted by Gasteiger charge is 2.40. The Hall–Kier alpha value is -6.31. The first-order valence-electron chi connectivity index (χ1n) is 23.3. The van der Waals surface area contributed by atoms with Gasteiger partial charge < -0.3 is 40.6 Å². The molecule has 4 N–H and O–H groups in total. The van der Waals surface area contributed by atoms with Crippen LogP contribution in [0, 0.1) is 23.2 Å². The molecule has 4 aliphatic heterocycles. The van der Waals surface area contributed by atoms with Gasteiger partial charge in [0.2, 0.25) is 11.8 Å². The number of ether oxygens (including phenoxy) is 1. The number of nitrogens with zero attached hydrogens (tertiary/aromatic N) is 7. The predicted molar refractivity (Wildman–Crippen MR) is 252 cm³/mol. The number of nitrogen functional groups attached to an aromatic ring is 1. The Bertz CT molecular complexity index is 2520. The molecule has 1 spiro atoms. The third-order valence-electron chi connectivity index (χ3n) is 14.2. The van der Waals surface area contributed by atoms with E-state index in [2.05, 4.69) is 48.4 Å². The Labute approximate surface area is 386 Å². The highest BCUT2D eigenvalue weighted by Crippen LogP contribution is 2.43. The van der Waals surface area contributed by atoms with Crippen LogP contribution in [0.3, 0.4) is 0 Å². The summed E-state index contributed by atoms with van der Waals surface area (Å²) < 4.78 is 6.93. The SMILES string of the molecule is CNC(=O)C(CCC=O)N1Cc2cc(N3CCC4(CCN(CC(=O)N5CCC(C#Cc6c(C(=O)Nc7ccc(COC)cc7)c7c(N)ncnn7c6C(C)C)CC5)CC4)CC3)ccc2C1=O. The van der Waals surface area contributed by atoms with Gasteiger partial charge in [-0.15, -0.1) is 0 Å². The van der Waals surface area contributed by atoms with Gasteiger partial charge in [-0.25, -0.2) is 9.50 Å². The van der Waals surface area contributed by atoms with Crippen molar-refractivity contribution in [2.75, 3.05) is 75.9 Å². The third kappa shape index (κ3) is 9.64. The molecule has 348 valence electrons. The van der Waals surface area contributed by atoms with Crippen molar-refractivity contribution >= 4 is 52.6 Å². The zero-order chi connectivity index (χ0) is 46.5. The van der Waals surface area contributed by atoms with Crippen LogP contribution >= 0.6 is 0 Å². The quantitative estimate of drug-likeness (QED) is 0.123. The molecule has 3 fully saturated rings. The van der Waals surface area contributed by atoms with E-state index in [1.807, 2.05) is 55.1 Å². The molecule has 16 heteroatoms. The summed E-state index contributed by atoms with van der Waals surface area (Å²) >= 11 is 0. The summed E-state index contributed by atoms with van der Waals surface area (Å²) in [5, 5.41) is 10.2. The van der Waals surface area contributed by atoms with E-state index in [0.717, 1.165) is 93.5 Å². The third-order valence-corrected chi connectivity index (χ3v) is 14.2. The summed E-state index contributed by atoms with van der Waals surface area (Å²) in [7, 11) is 3.19. The lowest BCUT2D eigenvalue weighted by atomic mass is 9.71. The lowest BCUT2D eigenvalue weighted by Crippen LogP contribution is -2.50. The van der Waals surface area contributed by atoms with Crippen LogP contribution in [-0.2, 0) is 32.3 Å². The first kappa shape index (κ1) is 46.2. The van der Waals surface area contributed by atoms with Gasteiger partial charge in [0.15, 0.2) is 5.82 Å². The minimum Gasteiger partial charge on any atom is -0.382 e. The molecule has 0 bridgehead atoms. The van der Waals surface area contributed by atoms with Gasteiger partial charge in [0, 0.05) is 76.2 Å². The van der Waals surface area contributed by atoms with E-state index >= 15 is 0 Å². The molecule has 3 saturated heterocycles. The van der Waals surface area contributed by atoms with Crippen molar-refractivity contribution < 1.29 is 28.7 Å². The normalized spacial score (nSPS) is 18.0. The molecule has 4 amide bonds. The number of carbonyl (C=O) groups excluding carboxylic acids is 5. The fourth-order valence-corrected chi connectivity index (χ4v) is 10.3. The van der Waals surface area contributed by atoms with E-state index in [-0.39, 0.29) is 53.1 Å². The van der Waals surface area contributed by atoms with Gasteiger partial charge in [-0.1, -0.05) is 37.8 Å². The van der Waals surface area contributed by atoms with Crippen LogP contribution in [0.5, 0.6) is 0 Å². The summed E-state index contributed by atoms with van der Waals surface area (Å²) in [6.45, 7) is 10.2. The summed E-state index contributed by atoms with van der Waals surface area (Å²) in [4.78, 5) is 77.2. The topological polar surface area (TPSA) is 188 Å². The zero-order valence-electron chi connectivity index (χ0n) is 38.6. The number of piperidine rings is 3. The van der Waals surface area contributed by atoms with Gasteiger partial charge in [-0.2, -0.15) is 5.10 Å². The summed E-state index contributed by atoms with van der Waals surface area (Å²) in [5.74, 6) is 6.51. The molecule has 1 unspecified atom stereocenters. The highest BCUT2D eigenvalue weighted by atomic mass is 16.5. The van der Waals surface area contributed by atoms with E-state index in [1.54, 1.807) is 23.6 Å². The number of likely N-dealkylation sites (tertiary alicyclic amines) is 2. The van der Waals surface area contributed by atoms with Crippen molar-refractivity contribution in [3.05, 3.63) is 82.3 Å². The summed E-state index contributed by atoms with van der Waals surface area (Å²) in [6.07, 6.45) is 8.45. The largest absolute Gasteiger partial charge is 0.382 e. The average Bonchev–Trinajstić information content (AvgIpc) is 3.85. The standard InChI is InChI=1S/C50H62N10O6/c1-33(2)44-40(43(45-46(51)53-32-54-60(44)45)48(64)55-37-10-7-35(8-11-37)31-66-4)13-9-34-15-21-58(22-16-34)42(62)30-56-23-17-50(18-24-56)19-25-57(26-20-50)38-12-14-39-36(28-38)29-59(49(39)65)41(6-5-27-61)47(63)52-3/h7-8,10-12,14,27-28,32-34,41H,5-6,15-26,29-31H2,1-4H3,(H,52,63)(H,55,64)(H2,51,53,54). The van der Waals surface area contributed by atoms with Gasteiger partial charge in [-0.05, 0) is 111 Å². The first-order chi connectivity index (χ1) is 31.9. The first-order valence-corrected chi connectivity index (χ1v) is 23.3. The lowest BCUT2D eigenvalue weighted by molar-refractivity contribution is -0.134. The van der Waals surface area contributed by atoms with Crippen LogP contribution in [0.4, 0.5) is 17.2 Å². The molecular weight excluding hydrogens is 837 g/mol. The number of methoxy groups -OCH3 is 1. The van der Waals surface area contributed by atoms with Crippen molar-refractivity contribution in [2.24, 2.45) is 11.3 Å². The van der Waals surface area contributed by atoms with Crippen molar-refractivity contribution in [1.29, 1.82) is 0 Å². The molecular formula is C50H62N10O6. The van der Waals surface area contributed by atoms with Gasteiger partial charge in [0.05, 0.1) is 30.0 Å². The zero-order valence-corrected chi connectivity index (χ0v) is 38.6. The van der Waals surface area contributed by atoms with Crippen molar-refractivity contribution in [3.8, 4) is 11.8 Å². The second kappa shape index (κ2) is 20.1. The number of aromatic nitrogens is 3. The molecule has 16 nitrogen and oxygen atoms in total. The number of rotatable bonds is 13. The Morgan fingerprint density at radius 3 is 2.38 bits per heavy atom. The smallest absolute Gasteiger partial charge is 0.259 e. The van der Waals surface area contributed by atoms with E-state index in [0.29, 0.717) is 67.1 Å². The monoisotopic (exact) mass is 898 g/mol. The fraction of sp³-hybridized carbons (Fsp3) is 0.500. The molecule has 8 rings (SSSR count). The van der Waals surface area contributed by atoms with Crippen molar-refractivity contribution in [3.63, 3.8) is 0 Å². The number of anilines is 3. The molecule has 2 aromatic carbocycles. The van der Waals surface area contributed by atoms with Crippen LogP contribution in [0.25, 0.3) is 5.52 Å². The number of aldehydes is 1. The van der Waals surface area contributed by atoms with Gasteiger partial charge in [0.25, 0.3) is 11.8 Å². The molecule has 6 heterocycles. The van der Waals surface area contributed by atoms with Gasteiger partial charge in [-0.3, -0.25) is 24.1 Å². The average molecular weight is 899 g/mol. The number of nitrogens with two attached hydrogens (primary N) is 1. The van der Waals surface area contributed by atoms with E-state index in [1.165, 1.54) is 6.33 Å². The maximum Gasteiger partial charge on any atom is 0.259 e. The van der Waals surface area contributed by atoms with Gasteiger partial charge >= 0.3 is 0 Å². The molecule has 0 saturated carbocycles. The summed E-state index contributed by atoms with van der Waals surface area (Å²) in [6, 6.07) is 12.8. The second-order valence-electron chi connectivity index (χ2n) is 18.6. The maximum atomic E-state index is 14.0. The Balaban J connectivity index is 0.837. The molecule has 66 heavy (non-hydrogen) atoms. The van der Waals surface area contributed by atoms with Crippen LogP contribution in [0.15, 0.2) is 48.8 Å². The van der Waals surface area contributed by atoms with Crippen LogP contribution < -0.4 is 21.3 Å². The number of hydrogen-bond acceptors (Lipinski definition) is 11. The lowest BCUT2D eigenvalue weighted by Gasteiger charge is -2.47. The maximum absolute atomic E-state index is 14.0. The molecule has 4 aromatic rings. The molecule has 1 atom stereocenters. The Kier molecular flexibility index (Phi) is 14.0. The molecule has 0 radical (unpaired) electrons. The number of fused-ring (bicyclic) bond motifs is 2. The highest BCUT2D eigenvalue weighted by molar-refractivity contribution is 6.13.